The fourth-order valence-corrected chi connectivity index (χ4v) is 4.59. The highest BCUT2D eigenvalue weighted by molar-refractivity contribution is 7.99. The second-order valence-electron chi connectivity index (χ2n) is 6.89. The molecule has 0 aromatic heterocycles. The van der Waals surface area contributed by atoms with Crippen LogP contribution in [0.25, 0.3) is 0 Å². The number of nitrogens with one attached hydrogen (secondary N) is 1. The number of ether oxygens (including phenoxy) is 1. The molecule has 0 aliphatic carbocycles. The van der Waals surface area contributed by atoms with Crippen LogP contribution in [0.15, 0.2) is 42.5 Å². The van der Waals surface area contributed by atoms with E-state index in [4.69, 9.17) is 27.9 Å². The number of nitrogens with zero attached hydrogens (tertiary/aromatic N) is 1. The molecule has 0 atom stereocenters. The number of likely N-dealkylation sites (tertiary alicyclic amines) is 1. The molecule has 1 aliphatic rings. The molecule has 1 fully saturated rings. The maximum atomic E-state index is 12.2. The first-order valence-electron chi connectivity index (χ1n) is 9.27. The molecule has 4 nitrogen and oxygen atoms in total. The van der Waals surface area contributed by atoms with E-state index < -0.39 is 0 Å². The van der Waals surface area contributed by atoms with Gasteiger partial charge in [0.1, 0.15) is 11.9 Å². The van der Waals surface area contributed by atoms with Gasteiger partial charge in [0.15, 0.2) is 0 Å². The Hall–Kier alpha value is -1.40. The Labute approximate surface area is 180 Å². The Bertz CT molecular complexity index is 773. The summed E-state index contributed by atoms with van der Waals surface area (Å²) in [5, 5.41) is 4.16. The van der Waals surface area contributed by atoms with Crippen molar-refractivity contribution >= 4 is 46.6 Å². The molecule has 1 heterocycles. The van der Waals surface area contributed by atoms with Crippen LogP contribution in [0, 0.1) is 0 Å². The summed E-state index contributed by atoms with van der Waals surface area (Å²) in [7, 11) is 2.13. The van der Waals surface area contributed by atoms with Crippen LogP contribution in [0.5, 0.6) is 5.75 Å². The number of halogens is 2. The summed E-state index contributed by atoms with van der Waals surface area (Å²) in [6, 6.07) is 13.0. The van der Waals surface area contributed by atoms with E-state index in [2.05, 4.69) is 17.3 Å². The number of benzene rings is 2. The maximum absolute atomic E-state index is 12.2. The van der Waals surface area contributed by atoms with E-state index in [9.17, 15) is 4.79 Å². The van der Waals surface area contributed by atoms with Crippen molar-refractivity contribution in [3.05, 3.63) is 58.1 Å². The van der Waals surface area contributed by atoms with E-state index in [1.54, 1.807) is 12.1 Å². The van der Waals surface area contributed by atoms with Crippen molar-refractivity contribution in [2.75, 3.05) is 31.2 Å². The summed E-state index contributed by atoms with van der Waals surface area (Å²) < 4.78 is 6.03. The minimum Gasteiger partial charge on any atom is -0.490 e. The van der Waals surface area contributed by atoms with Gasteiger partial charge in [-0.05, 0) is 61.9 Å². The zero-order valence-corrected chi connectivity index (χ0v) is 18.1. The Morgan fingerprint density at radius 1 is 1.14 bits per heavy atom. The monoisotopic (exact) mass is 438 g/mol. The lowest BCUT2D eigenvalue weighted by Gasteiger charge is -2.29. The maximum Gasteiger partial charge on any atom is 0.234 e. The number of piperidine rings is 1. The molecule has 0 saturated carbocycles. The lowest BCUT2D eigenvalue weighted by Crippen LogP contribution is -2.35. The standard InChI is InChI=1S/C21H24Cl2N2O2S/c1-25-11-9-17(10-12-25)27-16-7-5-15(6-8-16)24-21(26)14-28-13-18-19(22)3-2-4-20(18)23/h2-8,17H,9-14H2,1H3,(H,24,26). The van der Waals surface area contributed by atoms with E-state index >= 15 is 0 Å². The average molecular weight is 439 g/mol. The number of carbonyl (C=O) groups is 1. The molecule has 0 spiro atoms. The van der Waals surface area contributed by atoms with Gasteiger partial charge in [-0.1, -0.05) is 29.3 Å². The molecule has 28 heavy (non-hydrogen) atoms. The van der Waals surface area contributed by atoms with Crippen LogP contribution in [0.1, 0.15) is 18.4 Å². The molecule has 1 N–H and O–H groups in total. The van der Waals surface area contributed by atoms with Gasteiger partial charge >= 0.3 is 0 Å². The molecule has 2 aromatic rings. The SMILES string of the molecule is CN1CCC(Oc2ccc(NC(=O)CSCc3c(Cl)cccc3Cl)cc2)CC1. The first-order valence-corrected chi connectivity index (χ1v) is 11.2. The van der Waals surface area contributed by atoms with Gasteiger partial charge in [0.2, 0.25) is 5.91 Å². The van der Waals surface area contributed by atoms with E-state index in [0.717, 1.165) is 42.9 Å². The molecule has 0 unspecified atom stereocenters. The molecule has 0 bridgehead atoms. The van der Waals surface area contributed by atoms with Crippen molar-refractivity contribution in [2.24, 2.45) is 0 Å². The molecule has 1 saturated heterocycles. The summed E-state index contributed by atoms with van der Waals surface area (Å²) in [5.41, 5.74) is 1.62. The predicted molar refractivity (Wildman–Crippen MR) is 119 cm³/mol. The highest BCUT2D eigenvalue weighted by atomic mass is 35.5. The second-order valence-corrected chi connectivity index (χ2v) is 8.69. The summed E-state index contributed by atoms with van der Waals surface area (Å²) in [6.07, 6.45) is 2.35. The molecule has 3 rings (SSSR count). The number of carbonyl (C=O) groups excluding carboxylic acids is 1. The van der Waals surface area contributed by atoms with E-state index in [1.807, 2.05) is 30.3 Å². The lowest BCUT2D eigenvalue weighted by atomic mass is 10.1. The average Bonchev–Trinajstić information content (AvgIpc) is 2.67. The molecule has 1 amide bonds. The van der Waals surface area contributed by atoms with Crippen molar-refractivity contribution in [2.45, 2.75) is 24.7 Å². The third-order valence-corrected chi connectivity index (χ3v) is 6.31. The summed E-state index contributed by atoms with van der Waals surface area (Å²) in [5.74, 6) is 1.71. The zero-order valence-electron chi connectivity index (χ0n) is 15.8. The van der Waals surface area contributed by atoms with Gasteiger partial charge < -0.3 is 15.0 Å². The smallest absolute Gasteiger partial charge is 0.234 e. The minimum absolute atomic E-state index is 0.0582. The third-order valence-electron chi connectivity index (χ3n) is 4.65. The van der Waals surface area contributed by atoms with Crippen LogP contribution in [0.4, 0.5) is 5.69 Å². The molecule has 150 valence electrons. The number of hydrogen-bond donors (Lipinski definition) is 1. The minimum atomic E-state index is -0.0582. The van der Waals surface area contributed by atoms with Crippen LogP contribution in [-0.2, 0) is 10.5 Å². The first-order chi connectivity index (χ1) is 13.5. The van der Waals surface area contributed by atoms with E-state index in [1.165, 1.54) is 11.8 Å². The number of anilines is 1. The molecular weight excluding hydrogens is 415 g/mol. The fraction of sp³-hybridized carbons (Fsp3) is 0.381. The third kappa shape index (κ3) is 6.31. The Morgan fingerprint density at radius 2 is 1.79 bits per heavy atom. The number of hydrogen-bond acceptors (Lipinski definition) is 4. The van der Waals surface area contributed by atoms with E-state index in [0.29, 0.717) is 21.6 Å². The Morgan fingerprint density at radius 3 is 2.43 bits per heavy atom. The summed E-state index contributed by atoms with van der Waals surface area (Å²) in [6.45, 7) is 2.13. The van der Waals surface area contributed by atoms with Crippen LogP contribution < -0.4 is 10.1 Å². The van der Waals surface area contributed by atoms with Crippen LogP contribution in [0.2, 0.25) is 10.0 Å². The Kier molecular flexibility index (Phi) is 7.91. The first kappa shape index (κ1) is 21.3. The van der Waals surface area contributed by atoms with Gasteiger partial charge in [-0.15, -0.1) is 11.8 Å². The molecule has 7 heteroatoms. The van der Waals surface area contributed by atoms with Gasteiger partial charge in [0.25, 0.3) is 0 Å². The van der Waals surface area contributed by atoms with Crippen LogP contribution in [-0.4, -0.2) is 42.8 Å². The van der Waals surface area contributed by atoms with Crippen molar-refractivity contribution in [3.63, 3.8) is 0 Å². The van der Waals surface area contributed by atoms with Crippen LogP contribution in [0.3, 0.4) is 0 Å². The zero-order chi connectivity index (χ0) is 19.9. The van der Waals surface area contributed by atoms with Gasteiger partial charge in [-0.3, -0.25) is 4.79 Å². The predicted octanol–water partition coefficient (Wildman–Crippen LogP) is 5.34. The largest absolute Gasteiger partial charge is 0.490 e. The summed E-state index contributed by atoms with van der Waals surface area (Å²) in [4.78, 5) is 14.5. The molecular formula is C21H24Cl2N2O2S. The van der Waals surface area contributed by atoms with Crippen molar-refractivity contribution in [3.8, 4) is 5.75 Å². The van der Waals surface area contributed by atoms with Crippen molar-refractivity contribution in [1.29, 1.82) is 0 Å². The topological polar surface area (TPSA) is 41.6 Å². The van der Waals surface area contributed by atoms with E-state index in [-0.39, 0.29) is 12.0 Å². The van der Waals surface area contributed by atoms with Gasteiger partial charge in [-0.2, -0.15) is 0 Å². The van der Waals surface area contributed by atoms with Gasteiger partial charge in [0, 0.05) is 34.6 Å². The second kappa shape index (κ2) is 10.4. The quantitative estimate of drug-likeness (QED) is 0.633. The van der Waals surface area contributed by atoms with Crippen molar-refractivity contribution < 1.29 is 9.53 Å². The number of rotatable bonds is 7. The van der Waals surface area contributed by atoms with Gasteiger partial charge in [0.05, 0.1) is 5.75 Å². The lowest BCUT2D eigenvalue weighted by molar-refractivity contribution is -0.113. The highest BCUT2D eigenvalue weighted by Crippen LogP contribution is 2.28. The normalized spacial score (nSPS) is 15.4. The number of amides is 1. The highest BCUT2D eigenvalue weighted by Gasteiger charge is 2.18. The molecule has 1 aliphatic heterocycles. The van der Waals surface area contributed by atoms with Crippen LogP contribution >= 0.6 is 35.0 Å². The number of thioether (sulfide) groups is 1. The summed E-state index contributed by atoms with van der Waals surface area (Å²) >= 11 is 13.8. The Balaban J connectivity index is 1.43. The van der Waals surface area contributed by atoms with Gasteiger partial charge in [-0.25, -0.2) is 0 Å². The fourth-order valence-electron chi connectivity index (χ4n) is 3.03. The molecule has 2 aromatic carbocycles. The van der Waals surface area contributed by atoms with Crippen molar-refractivity contribution in [1.82, 2.24) is 4.90 Å². The molecule has 0 radical (unpaired) electrons.